The van der Waals surface area contributed by atoms with Crippen LogP contribution in [0.4, 0.5) is 8.78 Å². The monoisotopic (exact) mass is 286 g/mol. The van der Waals surface area contributed by atoms with Crippen molar-refractivity contribution in [1.29, 1.82) is 0 Å². The summed E-state index contributed by atoms with van der Waals surface area (Å²) in [5.41, 5.74) is 5.68. The van der Waals surface area contributed by atoms with Gasteiger partial charge in [0.1, 0.15) is 6.61 Å². The predicted octanol–water partition coefficient (Wildman–Crippen LogP) is 2.35. The Balaban J connectivity index is 0.00000361. The van der Waals surface area contributed by atoms with E-state index < -0.39 is 5.82 Å². The van der Waals surface area contributed by atoms with Crippen LogP contribution in [0.2, 0.25) is 0 Å². The predicted molar refractivity (Wildman–Crippen MR) is 74.9 cm³/mol. The summed E-state index contributed by atoms with van der Waals surface area (Å²) in [6.07, 6.45) is 0.335. The third-order valence-corrected chi connectivity index (χ3v) is 2.41. The first-order chi connectivity index (χ1) is 8.99. The number of hydrogen-bond acceptors (Lipinski definition) is 3. The van der Waals surface area contributed by atoms with Crippen molar-refractivity contribution in [3.63, 3.8) is 0 Å². The number of halogens is 2. The molecule has 0 saturated heterocycles. The Hall–Kier alpha value is -1.95. The van der Waals surface area contributed by atoms with Gasteiger partial charge in [0.25, 0.3) is 5.91 Å². The molecule has 1 amide bonds. The number of carbonyl (C=O) groups excluding carboxylic acids is 1. The van der Waals surface area contributed by atoms with Crippen LogP contribution >= 0.6 is 0 Å². The van der Waals surface area contributed by atoms with Gasteiger partial charge in [-0.25, -0.2) is 8.78 Å². The molecule has 0 aromatic heterocycles. The van der Waals surface area contributed by atoms with Gasteiger partial charge in [-0.3, -0.25) is 4.79 Å². The summed E-state index contributed by atoms with van der Waals surface area (Å²) in [6, 6.07) is 3.86. The minimum absolute atomic E-state index is 0. The zero-order valence-electron chi connectivity index (χ0n) is 10.8. The molecule has 0 bridgehead atoms. The maximum Gasteiger partial charge on any atom is 0.253 e. The van der Waals surface area contributed by atoms with E-state index in [9.17, 15) is 13.6 Å². The second-order valence-corrected chi connectivity index (χ2v) is 4.10. The van der Waals surface area contributed by atoms with Gasteiger partial charge < -0.3 is 15.4 Å². The van der Waals surface area contributed by atoms with Crippen LogP contribution in [0, 0.1) is 5.82 Å². The molecule has 1 rings (SSSR count). The van der Waals surface area contributed by atoms with Crippen LogP contribution in [0.15, 0.2) is 30.1 Å². The van der Waals surface area contributed by atoms with E-state index in [2.05, 4.69) is 0 Å². The molecule has 4 nitrogen and oxygen atoms in total. The Morgan fingerprint density at radius 1 is 1.45 bits per heavy atom. The largest absolute Gasteiger partial charge is 0.486 e. The Morgan fingerprint density at radius 2 is 2.10 bits per heavy atom. The molecule has 0 spiro atoms. The molecule has 0 fully saturated rings. The molecule has 0 aliphatic rings. The standard InChI is InChI=1S/C13H16F2N2O2.CH4/c1-17(2)13(18)10-3-4-12(11(15)5-10)19-8-9(6-14)7-16;/h3-6H,7-8,16H2,1-2H3;1H4/b9-6-;. The minimum atomic E-state index is -0.678. The van der Waals surface area contributed by atoms with Gasteiger partial charge in [0.15, 0.2) is 11.6 Å². The summed E-state index contributed by atoms with van der Waals surface area (Å²) in [4.78, 5) is 13.0. The lowest BCUT2D eigenvalue weighted by molar-refractivity contribution is 0.0827. The number of carbonyl (C=O) groups is 1. The molecule has 0 radical (unpaired) electrons. The van der Waals surface area contributed by atoms with Crippen LogP contribution in [-0.2, 0) is 0 Å². The normalized spacial score (nSPS) is 10.8. The molecule has 0 atom stereocenters. The maximum atomic E-state index is 13.7. The molecular weight excluding hydrogens is 266 g/mol. The van der Waals surface area contributed by atoms with Gasteiger partial charge in [-0.15, -0.1) is 0 Å². The Kier molecular flexibility index (Phi) is 7.46. The fraction of sp³-hybridized carbons (Fsp3) is 0.357. The second kappa shape index (κ2) is 8.27. The van der Waals surface area contributed by atoms with Crippen molar-refractivity contribution < 1.29 is 18.3 Å². The Labute approximate surface area is 117 Å². The second-order valence-electron chi connectivity index (χ2n) is 4.10. The van der Waals surface area contributed by atoms with Crippen LogP contribution in [0.5, 0.6) is 5.75 Å². The van der Waals surface area contributed by atoms with Crippen LogP contribution in [0.25, 0.3) is 0 Å². The van der Waals surface area contributed by atoms with Gasteiger partial charge in [0.2, 0.25) is 0 Å². The average molecular weight is 286 g/mol. The van der Waals surface area contributed by atoms with Crippen molar-refractivity contribution >= 4 is 5.91 Å². The summed E-state index contributed by atoms with van der Waals surface area (Å²) >= 11 is 0. The van der Waals surface area contributed by atoms with E-state index in [1.165, 1.54) is 17.0 Å². The van der Waals surface area contributed by atoms with Crippen molar-refractivity contribution in [2.24, 2.45) is 5.73 Å². The number of amides is 1. The van der Waals surface area contributed by atoms with E-state index in [4.69, 9.17) is 10.5 Å². The van der Waals surface area contributed by atoms with Gasteiger partial charge >= 0.3 is 0 Å². The summed E-state index contributed by atoms with van der Waals surface area (Å²) in [5.74, 6) is -1.04. The molecule has 20 heavy (non-hydrogen) atoms. The molecule has 112 valence electrons. The highest BCUT2D eigenvalue weighted by molar-refractivity contribution is 5.94. The molecule has 1 aromatic rings. The first-order valence-electron chi connectivity index (χ1n) is 5.61. The average Bonchev–Trinajstić information content (AvgIpc) is 2.40. The molecule has 0 heterocycles. The lowest BCUT2D eigenvalue weighted by Gasteiger charge is -2.12. The fourth-order valence-electron chi connectivity index (χ4n) is 1.31. The van der Waals surface area contributed by atoms with Crippen LogP contribution in [0.1, 0.15) is 17.8 Å². The minimum Gasteiger partial charge on any atom is -0.486 e. The van der Waals surface area contributed by atoms with Crippen molar-refractivity contribution in [3.8, 4) is 5.75 Å². The summed E-state index contributed by atoms with van der Waals surface area (Å²) in [6.45, 7) is -0.139. The van der Waals surface area contributed by atoms with E-state index in [0.717, 1.165) is 6.07 Å². The van der Waals surface area contributed by atoms with Crippen molar-refractivity contribution in [1.82, 2.24) is 4.90 Å². The number of hydrogen-bond donors (Lipinski definition) is 1. The molecule has 0 unspecified atom stereocenters. The molecule has 0 aliphatic carbocycles. The molecular formula is C14H20F2N2O2. The van der Waals surface area contributed by atoms with Crippen molar-refractivity contribution in [2.75, 3.05) is 27.2 Å². The first kappa shape index (κ1) is 18.0. The topological polar surface area (TPSA) is 55.6 Å². The first-order valence-corrected chi connectivity index (χ1v) is 5.61. The van der Waals surface area contributed by atoms with Crippen molar-refractivity contribution in [3.05, 3.63) is 41.5 Å². The summed E-state index contributed by atoms with van der Waals surface area (Å²) in [7, 11) is 3.15. The lowest BCUT2D eigenvalue weighted by Crippen LogP contribution is -2.21. The maximum absolute atomic E-state index is 13.7. The number of rotatable bonds is 5. The van der Waals surface area contributed by atoms with E-state index >= 15 is 0 Å². The third-order valence-electron chi connectivity index (χ3n) is 2.41. The number of nitrogens with two attached hydrogens (primary N) is 1. The van der Waals surface area contributed by atoms with Crippen LogP contribution in [0.3, 0.4) is 0 Å². The van der Waals surface area contributed by atoms with E-state index in [0.29, 0.717) is 6.33 Å². The highest BCUT2D eigenvalue weighted by atomic mass is 19.1. The van der Waals surface area contributed by atoms with Crippen LogP contribution in [-0.4, -0.2) is 38.1 Å². The quantitative estimate of drug-likeness (QED) is 0.904. The van der Waals surface area contributed by atoms with Gasteiger partial charge in [-0.05, 0) is 18.2 Å². The highest BCUT2D eigenvalue weighted by Gasteiger charge is 2.12. The molecule has 1 aromatic carbocycles. The zero-order chi connectivity index (χ0) is 14.4. The van der Waals surface area contributed by atoms with Crippen LogP contribution < -0.4 is 10.5 Å². The number of ether oxygens (including phenoxy) is 1. The third kappa shape index (κ3) is 4.62. The van der Waals surface area contributed by atoms with E-state index in [1.54, 1.807) is 14.1 Å². The summed E-state index contributed by atoms with van der Waals surface area (Å²) in [5, 5.41) is 0. The van der Waals surface area contributed by atoms with E-state index in [1.807, 2.05) is 0 Å². The molecule has 0 saturated carbocycles. The number of benzene rings is 1. The van der Waals surface area contributed by atoms with Gasteiger partial charge in [0, 0.05) is 31.8 Å². The summed E-state index contributed by atoms with van der Waals surface area (Å²) < 4.78 is 31.0. The smallest absolute Gasteiger partial charge is 0.253 e. The zero-order valence-corrected chi connectivity index (χ0v) is 10.8. The SMILES string of the molecule is C.CN(C)C(=O)c1ccc(OC/C(=C\F)CN)c(F)c1. The molecule has 0 aliphatic heterocycles. The van der Waals surface area contributed by atoms with Crippen molar-refractivity contribution in [2.45, 2.75) is 7.43 Å². The highest BCUT2D eigenvalue weighted by Crippen LogP contribution is 2.19. The number of nitrogens with zero attached hydrogens (tertiary/aromatic N) is 1. The fourth-order valence-corrected chi connectivity index (χ4v) is 1.31. The van der Waals surface area contributed by atoms with Gasteiger partial charge in [-0.2, -0.15) is 0 Å². The Bertz CT molecular complexity index is 488. The molecule has 2 N–H and O–H groups in total. The van der Waals surface area contributed by atoms with E-state index in [-0.39, 0.29) is 43.4 Å². The lowest BCUT2D eigenvalue weighted by atomic mass is 10.2. The molecule has 6 heteroatoms. The van der Waals surface area contributed by atoms with Gasteiger partial charge in [-0.1, -0.05) is 7.43 Å². The Morgan fingerprint density at radius 3 is 2.55 bits per heavy atom. The van der Waals surface area contributed by atoms with Gasteiger partial charge in [0.05, 0.1) is 6.33 Å².